The number of para-hydroxylation sites is 1. The molecule has 1 heterocycles. The minimum atomic E-state index is -0.594. The van der Waals surface area contributed by atoms with Crippen LogP contribution < -0.4 is 14.4 Å². The first-order valence-corrected chi connectivity index (χ1v) is 6.80. The van der Waals surface area contributed by atoms with E-state index in [1.165, 1.54) is 12.0 Å². The SMILES string of the molecule is COc1cccc2c1OC(CO)CN2C(=O)OC(C)(C)C. The maximum atomic E-state index is 12.4. The molecule has 1 aromatic rings. The number of amides is 1. The summed E-state index contributed by atoms with van der Waals surface area (Å²) in [5.74, 6) is 0.954. The second-order valence-electron chi connectivity index (χ2n) is 5.82. The first kappa shape index (κ1) is 15.4. The molecule has 0 bridgehead atoms. The maximum Gasteiger partial charge on any atom is 0.415 e. The molecule has 116 valence electrons. The molecule has 0 aliphatic carbocycles. The quantitative estimate of drug-likeness (QED) is 0.906. The molecule has 0 fully saturated rings. The van der Waals surface area contributed by atoms with Crippen molar-refractivity contribution in [1.82, 2.24) is 0 Å². The predicted octanol–water partition coefficient (Wildman–Crippen LogP) is 2.19. The molecular formula is C15H21NO5. The first-order chi connectivity index (χ1) is 9.85. The molecule has 1 aliphatic heterocycles. The lowest BCUT2D eigenvalue weighted by molar-refractivity contribution is 0.0516. The molecule has 1 unspecified atom stereocenters. The van der Waals surface area contributed by atoms with E-state index in [4.69, 9.17) is 14.2 Å². The van der Waals surface area contributed by atoms with Gasteiger partial charge in [-0.15, -0.1) is 0 Å². The van der Waals surface area contributed by atoms with E-state index in [-0.39, 0.29) is 13.2 Å². The van der Waals surface area contributed by atoms with E-state index in [0.29, 0.717) is 17.2 Å². The maximum absolute atomic E-state index is 12.4. The van der Waals surface area contributed by atoms with Crippen molar-refractivity contribution < 1.29 is 24.1 Å². The van der Waals surface area contributed by atoms with Crippen LogP contribution in [0.3, 0.4) is 0 Å². The Bertz CT molecular complexity index is 523. The number of benzene rings is 1. The molecule has 1 aromatic carbocycles. The number of rotatable bonds is 2. The van der Waals surface area contributed by atoms with Crippen molar-refractivity contribution in [2.24, 2.45) is 0 Å². The predicted molar refractivity (Wildman–Crippen MR) is 78.1 cm³/mol. The van der Waals surface area contributed by atoms with Crippen LogP contribution in [-0.2, 0) is 4.74 Å². The van der Waals surface area contributed by atoms with Crippen LogP contribution in [0.25, 0.3) is 0 Å². The Hall–Kier alpha value is -1.95. The highest BCUT2D eigenvalue weighted by atomic mass is 16.6. The van der Waals surface area contributed by atoms with E-state index in [1.54, 1.807) is 39.0 Å². The first-order valence-electron chi connectivity index (χ1n) is 6.80. The van der Waals surface area contributed by atoms with Gasteiger partial charge in [-0.25, -0.2) is 4.79 Å². The molecule has 6 heteroatoms. The molecule has 0 saturated carbocycles. The van der Waals surface area contributed by atoms with Crippen molar-refractivity contribution in [3.05, 3.63) is 18.2 Å². The van der Waals surface area contributed by atoms with E-state index in [2.05, 4.69) is 0 Å². The van der Waals surface area contributed by atoms with Crippen molar-refractivity contribution in [2.45, 2.75) is 32.5 Å². The Morgan fingerprint density at radius 2 is 2.19 bits per heavy atom. The number of carbonyl (C=O) groups excluding carboxylic acids is 1. The van der Waals surface area contributed by atoms with Gasteiger partial charge in [-0.3, -0.25) is 4.90 Å². The lowest BCUT2D eigenvalue weighted by Crippen LogP contribution is -2.47. The number of aliphatic hydroxyl groups is 1. The number of carbonyl (C=O) groups is 1. The zero-order valence-electron chi connectivity index (χ0n) is 12.8. The van der Waals surface area contributed by atoms with Gasteiger partial charge in [0.2, 0.25) is 0 Å². The number of hydrogen-bond acceptors (Lipinski definition) is 5. The number of methoxy groups -OCH3 is 1. The summed E-state index contributed by atoms with van der Waals surface area (Å²) in [6.07, 6.45) is -0.986. The van der Waals surface area contributed by atoms with Gasteiger partial charge in [0.15, 0.2) is 11.5 Å². The van der Waals surface area contributed by atoms with Crippen molar-refractivity contribution in [1.29, 1.82) is 0 Å². The van der Waals surface area contributed by atoms with Crippen molar-refractivity contribution in [3.63, 3.8) is 0 Å². The van der Waals surface area contributed by atoms with E-state index in [0.717, 1.165) is 0 Å². The summed E-state index contributed by atoms with van der Waals surface area (Å²) in [7, 11) is 1.53. The molecule has 6 nitrogen and oxygen atoms in total. The summed E-state index contributed by atoms with van der Waals surface area (Å²) in [5.41, 5.74) is -0.0170. The summed E-state index contributed by atoms with van der Waals surface area (Å²) in [6, 6.07) is 5.28. The fourth-order valence-electron chi connectivity index (χ4n) is 2.09. The summed E-state index contributed by atoms with van der Waals surface area (Å²) < 4.78 is 16.3. The van der Waals surface area contributed by atoms with Gasteiger partial charge in [0, 0.05) is 0 Å². The second-order valence-corrected chi connectivity index (χ2v) is 5.82. The van der Waals surface area contributed by atoms with Crippen LogP contribution in [-0.4, -0.2) is 43.2 Å². The number of hydrogen-bond donors (Lipinski definition) is 1. The van der Waals surface area contributed by atoms with Crippen LogP contribution in [0, 0.1) is 0 Å². The normalized spacial score (nSPS) is 17.8. The van der Waals surface area contributed by atoms with Crippen LogP contribution in [0.5, 0.6) is 11.5 Å². The lowest BCUT2D eigenvalue weighted by atomic mass is 10.1. The Labute approximate surface area is 124 Å². The summed E-state index contributed by atoms with van der Waals surface area (Å²) in [6.45, 7) is 5.45. The van der Waals surface area contributed by atoms with E-state index < -0.39 is 17.8 Å². The third kappa shape index (κ3) is 3.39. The topological polar surface area (TPSA) is 68.2 Å². The van der Waals surface area contributed by atoms with Gasteiger partial charge in [-0.2, -0.15) is 0 Å². The largest absolute Gasteiger partial charge is 0.493 e. The molecule has 0 saturated heterocycles. The fourth-order valence-corrected chi connectivity index (χ4v) is 2.09. The van der Waals surface area contributed by atoms with Gasteiger partial charge in [0.05, 0.1) is 25.9 Å². The number of anilines is 1. The summed E-state index contributed by atoms with van der Waals surface area (Å²) >= 11 is 0. The third-order valence-electron chi connectivity index (χ3n) is 2.96. The van der Waals surface area contributed by atoms with Gasteiger partial charge in [0.1, 0.15) is 11.7 Å². The Morgan fingerprint density at radius 3 is 2.76 bits per heavy atom. The number of nitrogens with zero attached hydrogens (tertiary/aromatic N) is 1. The van der Waals surface area contributed by atoms with Crippen LogP contribution in [0.4, 0.5) is 10.5 Å². The molecule has 1 amide bonds. The van der Waals surface area contributed by atoms with E-state index in [1.807, 2.05) is 0 Å². The molecule has 1 atom stereocenters. The monoisotopic (exact) mass is 295 g/mol. The Balaban J connectivity index is 2.37. The van der Waals surface area contributed by atoms with E-state index >= 15 is 0 Å². The van der Waals surface area contributed by atoms with Crippen molar-refractivity contribution in [3.8, 4) is 11.5 Å². The van der Waals surface area contributed by atoms with Crippen LogP contribution in [0.1, 0.15) is 20.8 Å². The van der Waals surface area contributed by atoms with Gasteiger partial charge in [0.25, 0.3) is 0 Å². The van der Waals surface area contributed by atoms with Gasteiger partial charge >= 0.3 is 6.09 Å². The third-order valence-corrected chi connectivity index (χ3v) is 2.96. The van der Waals surface area contributed by atoms with E-state index in [9.17, 15) is 9.90 Å². The molecule has 21 heavy (non-hydrogen) atoms. The molecular weight excluding hydrogens is 274 g/mol. The Kier molecular flexibility index (Phi) is 4.27. The zero-order valence-corrected chi connectivity index (χ0v) is 12.8. The van der Waals surface area contributed by atoms with Crippen molar-refractivity contribution in [2.75, 3.05) is 25.2 Å². The van der Waals surface area contributed by atoms with Gasteiger partial charge in [-0.05, 0) is 32.9 Å². The smallest absolute Gasteiger partial charge is 0.415 e. The molecule has 0 spiro atoms. The average Bonchev–Trinajstić information content (AvgIpc) is 2.43. The highest BCUT2D eigenvalue weighted by Gasteiger charge is 2.34. The minimum absolute atomic E-state index is 0.198. The van der Waals surface area contributed by atoms with Crippen LogP contribution in [0.15, 0.2) is 18.2 Å². The molecule has 1 aliphatic rings. The van der Waals surface area contributed by atoms with Gasteiger partial charge < -0.3 is 19.3 Å². The standard InChI is InChI=1S/C15H21NO5/c1-15(2,3)21-14(18)16-8-10(9-17)20-13-11(16)6-5-7-12(13)19-4/h5-7,10,17H,8-9H2,1-4H3. The van der Waals surface area contributed by atoms with Crippen LogP contribution in [0.2, 0.25) is 0 Å². The van der Waals surface area contributed by atoms with Crippen molar-refractivity contribution >= 4 is 11.8 Å². The average molecular weight is 295 g/mol. The summed E-state index contributed by atoms with van der Waals surface area (Å²) in [4.78, 5) is 13.8. The second kappa shape index (κ2) is 5.81. The summed E-state index contributed by atoms with van der Waals surface area (Å²) in [5, 5.41) is 9.37. The fraction of sp³-hybridized carbons (Fsp3) is 0.533. The number of ether oxygens (including phenoxy) is 3. The minimum Gasteiger partial charge on any atom is -0.493 e. The molecule has 0 radical (unpaired) electrons. The Morgan fingerprint density at radius 1 is 1.48 bits per heavy atom. The molecule has 1 N–H and O–H groups in total. The number of aliphatic hydroxyl groups excluding tert-OH is 1. The number of fused-ring (bicyclic) bond motifs is 1. The molecule has 2 rings (SSSR count). The highest BCUT2D eigenvalue weighted by Crippen LogP contribution is 2.41. The molecule has 0 aromatic heterocycles. The highest BCUT2D eigenvalue weighted by molar-refractivity contribution is 5.91. The van der Waals surface area contributed by atoms with Gasteiger partial charge in [-0.1, -0.05) is 6.07 Å². The van der Waals surface area contributed by atoms with Crippen LogP contribution >= 0.6 is 0 Å². The zero-order chi connectivity index (χ0) is 15.6. The lowest BCUT2D eigenvalue weighted by Gasteiger charge is -2.35.